The number of nitrogens with zero attached hydrogens (tertiary/aromatic N) is 3. The van der Waals surface area contributed by atoms with Crippen LogP contribution in [0.1, 0.15) is 26.3 Å². The zero-order valence-electron chi connectivity index (χ0n) is 35.3. The predicted octanol–water partition coefficient (Wildman–Crippen LogP) is 11.7. The van der Waals surface area contributed by atoms with E-state index in [9.17, 15) is 0 Å². The summed E-state index contributed by atoms with van der Waals surface area (Å²) in [6, 6.07) is 38.1. The fourth-order valence-corrected chi connectivity index (χ4v) is 10.2. The summed E-state index contributed by atoms with van der Waals surface area (Å²) in [4.78, 5) is 14.3. The molecule has 0 N–H and O–H groups in total. The number of oxazole rings is 1. The van der Waals surface area contributed by atoms with Gasteiger partial charge in [-0.1, -0.05) is 143 Å². The van der Waals surface area contributed by atoms with E-state index in [0.29, 0.717) is 5.89 Å². The van der Waals surface area contributed by atoms with Gasteiger partial charge in [0.25, 0.3) is 0 Å². The van der Waals surface area contributed by atoms with Gasteiger partial charge in [-0.2, -0.15) is 0 Å². The van der Waals surface area contributed by atoms with Crippen molar-refractivity contribution in [2.24, 2.45) is 0 Å². The summed E-state index contributed by atoms with van der Waals surface area (Å²) < 4.78 is 13.0. The molecule has 0 bridgehead atoms. The third-order valence-electron chi connectivity index (χ3n) is 10.4. The average Bonchev–Trinajstić information content (AvgIpc) is 3.76. The van der Waals surface area contributed by atoms with Gasteiger partial charge in [-0.05, 0) is 39.7 Å². The molecule has 4 aromatic heterocycles. The van der Waals surface area contributed by atoms with Crippen LogP contribution >= 0.6 is 0 Å². The first-order valence-electron chi connectivity index (χ1n) is 19.5. The van der Waals surface area contributed by atoms with Gasteiger partial charge in [-0.3, -0.25) is 0 Å². The quantitative estimate of drug-likeness (QED) is 0.123. The minimum absolute atomic E-state index is 0. The summed E-state index contributed by atoms with van der Waals surface area (Å²) in [5.74, 6) is 0.647. The molecule has 0 spiro atoms. The van der Waals surface area contributed by atoms with Crippen LogP contribution in [0, 0.1) is 12.1 Å². The molecule has 0 saturated heterocycles. The van der Waals surface area contributed by atoms with E-state index < -0.39 is 24.2 Å². The Hall–Kier alpha value is -4.25. The van der Waals surface area contributed by atoms with Gasteiger partial charge in [0.15, 0.2) is 16.7 Å². The normalized spacial score (nSPS) is 12.4. The van der Waals surface area contributed by atoms with Crippen molar-refractivity contribution >= 4 is 72.8 Å². The zero-order chi connectivity index (χ0) is 40.2. The fourth-order valence-electron chi connectivity index (χ4n) is 6.66. The maximum absolute atomic E-state index is 6.57. The molecule has 1 radical (unpaired) electrons. The molecule has 0 aliphatic heterocycles. The second-order valence-electron chi connectivity index (χ2n) is 18.9. The fraction of sp³-hybridized carbons (Fsp3) is 0.271. The Bertz CT molecular complexity index is 2630. The van der Waals surface area contributed by atoms with Crippen LogP contribution in [0.5, 0.6) is 0 Å². The van der Waals surface area contributed by atoms with E-state index in [4.69, 9.17) is 18.8 Å². The summed E-state index contributed by atoms with van der Waals surface area (Å²) in [7, 11) is -4.31. The molecule has 0 aliphatic carbocycles. The number of hydrogen-bond donors (Lipinski definition) is 0. The van der Waals surface area contributed by atoms with E-state index >= 15 is 0 Å². The van der Waals surface area contributed by atoms with Gasteiger partial charge < -0.3 is 18.8 Å². The first-order valence-corrected chi connectivity index (χ1v) is 30.0. The molecule has 9 heteroatoms. The van der Waals surface area contributed by atoms with Gasteiger partial charge in [0.1, 0.15) is 0 Å². The van der Waals surface area contributed by atoms with Gasteiger partial charge in [0.2, 0.25) is 5.89 Å². The molecule has 4 aromatic carbocycles. The molecule has 0 aliphatic rings. The standard InChI is InChI=1S/C34H37N2O2Si2.C14H16NSi.Ir/c1-34(2,3)22-13-15-28(35-20-22)27-12-10-11-25-26-14-16-29-30(32(26)38-31(25)27)36-33(37-29)21-17-23(39(4,5)6)19-24(18-21)40(7,8)9;1-16(2,3)13-9-10-14(15-11-13)12-7-5-4-6-8-12;/h10-11,13-20H,1-9H3;4-7,9-11H,1-3H3;/q2*-1;. The van der Waals surface area contributed by atoms with Crippen molar-refractivity contribution in [2.45, 2.75) is 85.1 Å². The molecule has 0 atom stereocenters. The number of rotatable bonds is 6. The summed E-state index contributed by atoms with van der Waals surface area (Å²) in [6.07, 6.45) is 3.97. The van der Waals surface area contributed by atoms with Gasteiger partial charge in [0.05, 0.1) is 29.8 Å². The van der Waals surface area contributed by atoms with E-state index in [2.05, 4.69) is 151 Å². The first kappa shape index (κ1) is 42.4. The molecule has 5 nitrogen and oxygen atoms in total. The summed E-state index contributed by atoms with van der Waals surface area (Å²) in [5.41, 5.74) is 9.04. The third-order valence-corrected chi connectivity index (χ3v) is 16.4. The molecular formula is C48H53IrN3O2Si3-2. The number of fused-ring (bicyclic) bond motifs is 5. The van der Waals surface area contributed by atoms with Crippen LogP contribution in [0.15, 0.2) is 112 Å². The maximum Gasteiger partial charge on any atom is 0.227 e. The molecule has 0 amide bonds. The molecule has 8 rings (SSSR count). The molecule has 0 fully saturated rings. The number of hydrogen-bond acceptors (Lipinski definition) is 5. The van der Waals surface area contributed by atoms with Gasteiger partial charge in [-0.15, -0.1) is 54.1 Å². The number of pyridine rings is 2. The van der Waals surface area contributed by atoms with Crippen molar-refractivity contribution in [1.82, 2.24) is 15.0 Å². The van der Waals surface area contributed by atoms with E-state index in [1.54, 1.807) is 0 Å². The van der Waals surface area contributed by atoms with E-state index in [1.807, 2.05) is 48.8 Å². The van der Waals surface area contributed by atoms with Crippen LogP contribution < -0.4 is 15.6 Å². The molecule has 0 saturated carbocycles. The Morgan fingerprint density at radius 1 is 0.579 bits per heavy atom. The largest absolute Gasteiger partial charge is 0.498 e. The Morgan fingerprint density at radius 2 is 1.23 bits per heavy atom. The van der Waals surface area contributed by atoms with Crippen molar-refractivity contribution in [2.75, 3.05) is 0 Å². The van der Waals surface area contributed by atoms with Crippen LogP contribution in [0.25, 0.3) is 67.0 Å². The minimum atomic E-state index is -1.54. The summed E-state index contributed by atoms with van der Waals surface area (Å²) >= 11 is 0. The monoisotopic (exact) mass is 980 g/mol. The number of aromatic nitrogens is 3. The molecule has 8 aromatic rings. The van der Waals surface area contributed by atoms with Crippen molar-refractivity contribution in [3.8, 4) is 34.0 Å². The second kappa shape index (κ2) is 15.8. The van der Waals surface area contributed by atoms with Gasteiger partial charge in [-0.25, -0.2) is 4.98 Å². The summed E-state index contributed by atoms with van der Waals surface area (Å²) in [5, 5.41) is 6.31. The molecule has 4 heterocycles. The van der Waals surface area contributed by atoms with Crippen molar-refractivity contribution < 1.29 is 28.9 Å². The van der Waals surface area contributed by atoms with Crippen molar-refractivity contribution in [1.29, 1.82) is 0 Å². The Morgan fingerprint density at radius 3 is 1.79 bits per heavy atom. The maximum atomic E-state index is 6.57. The van der Waals surface area contributed by atoms with E-state index in [0.717, 1.165) is 61.1 Å². The van der Waals surface area contributed by atoms with Crippen LogP contribution in [0.3, 0.4) is 0 Å². The van der Waals surface area contributed by atoms with Crippen LogP contribution in [0.2, 0.25) is 58.9 Å². The van der Waals surface area contributed by atoms with Crippen LogP contribution in [-0.4, -0.2) is 39.2 Å². The topological polar surface area (TPSA) is 65.0 Å². The molecule has 0 unspecified atom stereocenters. The molecular weight excluding hydrogens is 927 g/mol. The smallest absolute Gasteiger partial charge is 0.227 e. The number of furan rings is 1. The van der Waals surface area contributed by atoms with Gasteiger partial charge in [0, 0.05) is 43.4 Å². The SMILES string of the molecule is CC(C)(C)c1ccc(-c2[c-]ccc3c2oc2c3ccc3oc(-c4cc([Si](C)(C)C)cc([Si](C)(C)C)c4)nc32)nc1.C[Si](C)(C)c1ccc(-c2[c-]cccc2)nc1.[Ir]. The van der Waals surface area contributed by atoms with E-state index in [-0.39, 0.29) is 25.5 Å². The molecule has 295 valence electrons. The zero-order valence-corrected chi connectivity index (χ0v) is 40.7. The number of benzene rings is 4. The second-order valence-corrected chi connectivity index (χ2v) is 34.2. The molecule has 57 heavy (non-hydrogen) atoms. The first-order chi connectivity index (χ1) is 26.3. The Labute approximate surface area is 354 Å². The van der Waals surface area contributed by atoms with E-state index in [1.165, 1.54) is 21.1 Å². The van der Waals surface area contributed by atoms with Crippen LogP contribution in [0.4, 0.5) is 0 Å². The Kier molecular flexibility index (Phi) is 11.8. The van der Waals surface area contributed by atoms with Gasteiger partial charge >= 0.3 is 0 Å². The van der Waals surface area contributed by atoms with Crippen molar-refractivity contribution in [3.63, 3.8) is 0 Å². The minimum Gasteiger partial charge on any atom is -0.498 e. The average molecular weight is 980 g/mol. The predicted molar refractivity (Wildman–Crippen MR) is 245 cm³/mol. The van der Waals surface area contributed by atoms with Crippen LogP contribution in [-0.2, 0) is 25.5 Å². The summed E-state index contributed by atoms with van der Waals surface area (Å²) in [6.45, 7) is 27.9. The Balaban J connectivity index is 0.000000271. The van der Waals surface area contributed by atoms with Crippen molar-refractivity contribution in [3.05, 3.63) is 121 Å². The third kappa shape index (κ3) is 9.08.